The Morgan fingerprint density at radius 1 is 1.23 bits per heavy atom. The summed E-state index contributed by atoms with van der Waals surface area (Å²) in [4.78, 5) is 22.3. The van der Waals surface area contributed by atoms with Crippen molar-refractivity contribution in [1.29, 1.82) is 5.26 Å². The van der Waals surface area contributed by atoms with Gasteiger partial charge in [-0.3, -0.25) is 9.48 Å². The quantitative estimate of drug-likeness (QED) is 0.261. The summed E-state index contributed by atoms with van der Waals surface area (Å²) < 4.78 is 82.2. The maximum Gasteiger partial charge on any atom is 0.417 e. The van der Waals surface area contributed by atoms with Crippen LogP contribution < -0.4 is 20.7 Å². The maximum atomic E-state index is 16.6. The summed E-state index contributed by atoms with van der Waals surface area (Å²) in [6, 6.07) is 4.12. The van der Waals surface area contributed by atoms with Crippen LogP contribution in [0.3, 0.4) is 0 Å². The number of aromatic nitrogens is 4. The molecule has 44 heavy (non-hydrogen) atoms. The van der Waals surface area contributed by atoms with Crippen LogP contribution >= 0.6 is 11.3 Å². The van der Waals surface area contributed by atoms with E-state index in [1.54, 1.807) is 22.6 Å². The van der Waals surface area contributed by atoms with Gasteiger partial charge in [0.15, 0.2) is 11.5 Å². The van der Waals surface area contributed by atoms with Crippen LogP contribution in [0.1, 0.15) is 32.9 Å². The zero-order chi connectivity index (χ0) is 31.7. The lowest BCUT2D eigenvalue weighted by Crippen LogP contribution is -2.35. The second-order valence-corrected chi connectivity index (χ2v) is 11.0. The molecule has 4 heterocycles. The normalized spacial score (nSPS) is 13.3. The van der Waals surface area contributed by atoms with Crippen LogP contribution in [0.2, 0.25) is 0 Å². The molecule has 10 nitrogen and oxygen atoms in total. The number of ether oxygens (including phenoxy) is 1. The van der Waals surface area contributed by atoms with Gasteiger partial charge >= 0.3 is 12.2 Å². The highest BCUT2D eigenvalue weighted by atomic mass is 32.1. The average Bonchev–Trinajstić information content (AvgIpc) is 3.52. The summed E-state index contributed by atoms with van der Waals surface area (Å²) in [7, 11) is 2.70. The third kappa shape index (κ3) is 4.34. The maximum absolute atomic E-state index is 16.6. The molecule has 0 fully saturated rings. The predicted molar refractivity (Wildman–Crippen MR) is 152 cm³/mol. The molecule has 3 N–H and O–H groups in total. The minimum absolute atomic E-state index is 0.0297. The SMILES string of the molecule is CNC(=O)c1nn2c(c1C)CN(c1nc(OC)nc3c(F)c(-c4ccc(F)c5sc(N)c(C#N)c45)c(C(F)(F)F)cc13)CC2. The molecule has 1 amide bonds. The number of anilines is 2. The van der Waals surface area contributed by atoms with Gasteiger partial charge in [-0.1, -0.05) is 6.07 Å². The van der Waals surface area contributed by atoms with Gasteiger partial charge in [-0.25, -0.2) is 8.78 Å². The third-order valence-electron chi connectivity index (χ3n) is 7.56. The minimum Gasteiger partial charge on any atom is -0.467 e. The second kappa shape index (κ2) is 10.3. The first-order chi connectivity index (χ1) is 20.9. The Morgan fingerprint density at radius 3 is 2.64 bits per heavy atom. The molecule has 0 spiro atoms. The topological polar surface area (TPSA) is 135 Å². The van der Waals surface area contributed by atoms with E-state index in [-0.39, 0.29) is 68.8 Å². The van der Waals surface area contributed by atoms with Crippen LogP contribution in [-0.2, 0) is 19.3 Å². The van der Waals surface area contributed by atoms with Gasteiger partial charge in [0.2, 0.25) is 0 Å². The summed E-state index contributed by atoms with van der Waals surface area (Å²) in [6.45, 7) is 2.26. The molecule has 1 aliphatic rings. The molecule has 2 aromatic carbocycles. The molecule has 0 atom stereocenters. The lowest BCUT2D eigenvalue weighted by molar-refractivity contribution is -0.137. The number of hydrogen-bond donors (Lipinski definition) is 2. The fraction of sp³-hybridized carbons (Fsp3) is 0.250. The van der Waals surface area contributed by atoms with E-state index >= 15 is 4.39 Å². The van der Waals surface area contributed by atoms with Gasteiger partial charge in [0, 0.05) is 35.5 Å². The first-order valence-corrected chi connectivity index (χ1v) is 13.8. The molecule has 1 aliphatic heterocycles. The van der Waals surface area contributed by atoms with Gasteiger partial charge in [-0.2, -0.15) is 33.5 Å². The Labute approximate surface area is 249 Å². The zero-order valence-corrected chi connectivity index (χ0v) is 24.0. The van der Waals surface area contributed by atoms with Gasteiger partial charge in [0.05, 0.1) is 41.7 Å². The molecule has 5 aromatic rings. The van der Waals surface area contributed by atoms with Crippen LogP contribution in [0, 0.1) is 29.9 Å². The average molecular weight is 629 g/mol. The van der Waals surface area contributed by atoms with Crippen LogP contribution in [0.5, 0.6) is 6.01 Å². The summed E-state index contributed by atoms with van der Waals surface area (Å²) in [5.41, 5.74) is 3.90. The van der Waals surface area contributed by atoms with Crippen LogP contribution in [-0.4, -0.2) is 46.4 Å². The Bertz CT molecular complexity index is 2060. The number of carbonyl (C=O) groups excluding carboxylic acids is 1. The number of methoxy groups -OCH3 is 1. The molecule has 0 saturated heterocycles. The van der Waals surface area contributed by atoms with Crippen molar-refractivity contribution in [3.05, 3.63) is 57.9 Å². The Morgan fingerprint density at radius 2 is 1.98 bits per heavy atom. The number of amides is 1. The lowest BCUT2D eigenvalue weighted by atomic mass is 9.92. The number of fused-ring (bicyclic) bond motifs is 3. The number of nitrogens with zero attached hydrogens (tertiary/aromatic N) is 6. The van der Waals surface area contributed by atoms with E-state index in [9.17, 15) is 27.6 Å². The lowest BCUT2D eigenvalue weighted by Gasteiger charge is -2.30. The summed E-state index contributed by atoms with van der Waals surface area (Å²) in [6.07, 6.45) is -5.09. The van der Waals surface area contributed by atoms with E-state index < -0.39 is 40.4 Å². The third-order valence-corrected chi connectivity index (χ3v) is 8.59. The second-order valence-electron chi connectivity index (χ2n) is 9.94. The molecule has 16 heteroatoms. The highest BCUT2D eigenvalue weighted by molar-refractivity contribution is 7.23. The smallest absolute Gasteiger partial charge is 0.417 e. The molecular formula is C28H21F5N8O2S. The number of benzene rings is 2. The van der Waals surface area contributed by atoms with Crippen LogP contribution in [0.15, 0.2) is 18.2 Å². The number of carbonyl (C=O) groups is 1. The van der Waals surface area contributed by atoms with E-state index in [0.717, 1.165) is 18.2 Å². The molecule has 0 aliphatic carbocycles. The number of alkyl halides is 3. The molecule has 0 radical (unpaired) electrons. The van der Waals surface area contributed by atoms with E-state index in [1.807, 2.05) is 0 Å². The van der Waals surface area contributed by atoms with Crippen molar-refractivity contribution in [3.8, 4) is 23.2 Å². The number of halogens is 5. The van der Waals surface area contributed by atoms with Gasteiger partial charge < -0.3 is 20.7 Å². The minimum atomic E-state index is -5.09. The Balaban J connectivity index is 1.62. The van der Waals surface area contributed by atoms with Gasteiger partial charge in [-0.05, 0) is 24.6 Å². The van der Waals surface area contributed by atoms with E-state index in [2.05, 4.69) is 20.4 Å². The highest BCUT2D eigenvalue weighted by Gasteiger charge is 2.39. The van der Waals surface area contributed by atoms with Crippen molar-refractivity contribution < 1.29 is 31.5 Å². The fourth-order valence-electron chi connectivity index (χ4n) is 5.48. The van der Waals surface area contributed by atoms with Crippen molar-refractivity contribution in [3.63, 3.8) is 0 Å². The van der Waals surface area contributed by atoms with Crippen molar-refractivity contribution in [1.82, 2.24) is 25.1 Å². The first-order valence-electron chi connectivity index (χ1n) is 13.0. The molecule has 0 bridgehead atoms. The van der Waals surface area contributed by atoms with Crippen LogP contribution in [0.25, 0.3) is 32.1 Å². The summed E-state index contributed by atoms with van der Waals surface area (Å²) in [5.74, 6) is -2.60. The number of nitrogens with one attached hydrogen (secondary N) is 1. The molecule has 0 unspecified atom stereocenters. The molecule has 6 rings (SSSR count). The van der Waals surface area contributed by atoms with E-state index in [1.165, 1.54) is 14.2 Å². The molecule has 226 valence electrons. The van der Waals surface area contributed by atoms with Crippen LogP contribution in [0.4, 0.5) is 32.8 Å². The number of nitriles is 1. The monoisotopic (exact) mass is 628 g/mol. The largest absolute Gasteiger partial charge is 0.467 e. The van der Waals surface area contributed by atoms with Gasteiger partial charge in [-0.15, -0.1) is 11.3 Å². The van der Waals surface area contributed by atoms with Gasteiger partial charge in [0.1, 0.15) is 28.2 Å². The first kappa shape index (κ1) is 29.1. The molecular weight excluding hydrogens is 607 g/mol. The summed E-state index contributed by atoms with van der Waals surface area (Å²) >= 11 is 0.682. The molecule has 0 saturated carbocycles. The number of thiophene rings is 1. The van der Waals surface area contributed by atoms with E-state index in [0.29, 0.717) is 22.6 Å². The van der Waals surface area contributed by atoms with Crippen molar-refractivity contribution in [2.24, 2.45) is 0 Å². The predicted octanol–water partition coefficient (Wildman–Crippen LogP) is 5.16. The fourth-order valence-corrected chi connectivity index (χ4v) is 6.43. The van der Waals surface area contributed by atoms with Crippen molar-refractivity contribution >= 4 is 49.1 Å². The standard InChI is InChI=1S/C28H21F5N8O2S/c1-11-17-10-40(6-7-41(17)39-21(11)26(42)36-2)25-13-8-15(28(31,32)33)19(20(30)22(13)37-27(38-25)43-3)12-4-5-16(29)23-18(12)14(9-34)24(35)44-23/h4-5,8H,6-7,10,35H2,1-3H3,(H,36,42). The Hall–Kier alpha value is -5.04. The highest BCUT2D eigenvalue weighted by Crippen LogP contribution is 2.48. The number of hydrogen-bond acceptors (Lipinski definition) is 9. The van der Waals surface area contributed by atoms with Gasteiger partial charge in [0.25, 0.3) is 5.91 Å². The zero-order valence-electron chi connectivity index (χ0n) is 23.2. The number of nitrogen functional groups attached to an aromatic ring is 1. The van der Waals surface area contributed by atoms with E-state index in [4.69, 9.17) is 10.5 Å². The van der Waals surface area contributed by atoms with Crippen molar-refractivity contribution in [2.75, 3.05) is 31.3 Å². The number of rotatable bonds is 4. The van der Waals surface area contributed by atoms with Crippen molar-refractivity contribution in [2.45, 2.75) is 26.2 Å². The Kier molecular flexibility index (Phi) is 6.80. The number of nitrogens with two attached hydrogens (primary N) is 1. The summed E-state index contributed by atoms with van der Waals surface area (Å²) in [5, 5.41) is 16.0. The molecule has 3 aromatic heterocycles.